The molecular weight excluding hydrogens is 242 g/mol. The molecule has 1 atom stereocenters. The highest BCUT2D eigenvalue weighted by Crippen LogP contribution is 2.38. The highest BCUT2D eigenvalue weighted by Gasteiger charge is 2.27. The lowest BCUT2D eigenvalue weighted by molar-refractivity contribution is 0.0550. The summed E-state index contributed by atoms with van der Waals surface area (Å²) < 4.78 is 5.41. The molecule has 1 unspecified atom stereocenters. The predicted octanol–water partition coefficient (Wildman–Crippen LogP) is 3.40. The van der Waals surface area contributed by atoms with Gasteiger partial charge in [0.15, 0.2) is 0 Å². The van der Waals surface area contributed by atoms with Crippen LogP contribution in [0.2, 0.25) is 5.02 Å². The van der Waals surface area contributed by atoms with Crippen LogP contribution in [0.3, 0.4) is 0 Å². The second-order valence-electron chi connectivity index (χ2n) is 4.31. The molecule has 90 valence electrons. The maximum atomic E-state index is 6.34. The summed E-state index contributed by atoms with van der Waals surface area (Å²) in [4.78, 5) is 1.29. The van der Waals surface area contributed by atoms with E-state index in [1.165, 1.54) is 10.4 Å². The molecule has 1 aliphatic rings. The molecule has 4 heteroatoms. The largest absolute Gasteiger partial charge is 0.381 e. The predicted molar refractivity (Wildman–Crippen MR) is 69.4 cm³/mol. The Hall–Kier alpha value is -0.0900. The van der Waals surface area contributed by atoms with Gasteiger partial charge in [0.1, 0.15) is 0 Å². The van der Waals surface area contributed by atoms with Crippen LogP contribution >= 0.6 is 22.9 Å². The van der Waals surface area contributed by atoms with E-state index < -0.39 is 0 Å². The second kappa shape index (κ2) is 5.50. The number of aryl methyl sites for hydroxylation is 1. The second-order valence-corrected chi connectivity index (χ2v) is 5.60. The van der Waals surface area contributed by atoms with Crippen LogP contribution in [0.5, 0.6) is 0 Å². The Bertz CT molecular complexity index is 347. The molecule has 0 amide bonds. The first-order chi connectivity index (χ1) is 7.74. The van der Waals surface area contributed by atoms with E-state index in [2.05, 4.69) is 17.6 Å². The molecule has 0 radical (unpaired) electrons. The van der Waals surface area contributed by atoms with Crippen molar-refractivity contribution in [3.63, 3.8) is 0 Å². The summed E-state index contributed by atoms with van der Waals surface area (Å²) in [6.45, 7) is 3.83. The van der Waals surface area contributed by atoms with Crippen molar-refractivity contribution in [3.05, 3.63) is 20.8 Å². The normalized spacial score (nSPS) is 19.9. The first kappa shape index (κ1) is 12.4. The summed E-state index contributed by atoms with van der Waals surface area (Å²) in [5, 5.41) is 6.49. The lowest BCUT2D eigenvalue weighted by Crippen LogP contribution is -2.29. The minimum absolute atomic E-state index is 0.384. The van der Waals surface area contributed by atoms with Gasteiger partial charge in [0, 0.05) is 24.1 Å². The van der Waals surface area contributed by atoms with Crippen LogP contribution in [0, 0.1) is 12.8 Å². The van der Waals surface area contributed by atoms with Gasteiger partial charge in [-0.05, 0) is 43.7 Å². The van der Waals surface area contributed by atoms with Gasteiger partial charge in [-0.3, -0.25) is 0 Å². The van der Waals surface area contributed by atoms with Crippen molar-refractivity contribution in [1.29, 1.82) is 0 Å². The van der Waals surface area contributed by atoms with Crippen molar-refractivity contribution in [2.24, 2.45) is 5.92 Å². The average Bonchev–Trinajstić information content (AvgIpc) is 2.64. The molecule has 1 aromatic rings. The van der Waals surface area contributed by atoms with Crippen LogP contribution in [0.25, 0.3) is 0 Å². The molecule has 0 aromatic carbocycles. The van der Waals surface area contributed by atoms with Crippen molar-refractivity contribution in [3.8, 4) is 0 Å². The SMILES string of the molecule is CNC(c1scc(C)c1Cl)C1CCOCC1. The van der Waals surface area contributed by atoms with E-state index in [-0.39, 0.29) is 0 Å². The first-order valence-electron chi connectivity index (χ1n) is 5.72. The summed E-state index contributed by atoms with van der Waals surface area (Å²) in [5.74, 6) is 0.647. The fourth-order valence-corrected chi connectivity index (χ4v) is 3.80. The Kier molecular flexibility index (Phi) is 4.25. The smallest absolute Gasteiger partial charge is 0.0590 e. The molecule has 1 N–H and O–H groups in total. The van der Waals surface area contributed by atoms with Crippen LogP contribution in [0.1, 0.15) is 29.3 Å². The third-order valence-corrected chi connectivity index (χ3v) is 5.05. The Morgan fingerprint density at radius 3 is 2.69 bits per heavy atom. The topological polar surface area (TPSA) is 21.3 Å². The Morgan fingerprint density at radius 1 is 1.50 bits per heavy atom. The molecule has 1 aromatic heterocycles. The quantitative estimate of drug-likeness (QED) is 0.898. The fourth-order valence-electron chi connectivity index (χ4n) is 2.29. The van der Waals surface area contributed by atoms with E-state index in [9.17, 15) is 0 Å². The molecule has 0 spiro atoms. The van der Waals surface area contributed by atoms with Crippen molar-refractivity contribution in [2.75, 3.05) is 20.3 Å². The zero-order valence-electron chi connectivity index (χ0n) is 9.75. The maximum absolute atomic E-state index is 6.34. The Balaban J connectivity index is 2.18. The molecule has 2 nitrogen and oxygen atoms in total. The van der Waals surface area contributed by atoms with Crippen LogP contribution in [-0.4, -0.2) is 20.3 Å². The van der Waals surface area contributed by atoms with Gasteiger partial charge in [-0.15, -0.1) is 11.3 Å². The minimum Gasteiger partial charge on any atom is -0.381 e. The summed E-state index contributed by atoms with van der Waals surface area (Å²) in [6, 6.07) is 0.384. The van der Waals surface area contributed by atoms with Gasteiger partial charge in [0.2, 0.25) is 0 Å². The highest BCUT2D eigenvalue weighted by atomic mass is 35.5. The van der Waals surface area contributed by atoms with E-state index >= 15 is 0 Å². The summed E-state index contributed by atoms with van der Waals surface area (Å²) in [5.41, 5.74) is 1.19. The molecule has 16 heavy (non-hydrogen) atoms. The van der Waals surface area contributed by atoms with Crippen molar-refractivity contribution in [1.82, 2.24) is 5.32 Å². The zero-order chi connectivity index (χ0) is 11.5. The number of ether oxygens (including phenoxy) is 1. The number of thiophene rings is 1. The monoisotopic (exact) mass is 259 g/mol. The lowest BCUT2D eigenvalue weighted by Gasteiger charge is -2.29. The van der Waals surface area contributed by atoms with E-state index in [4.69, 9.17) is 16.3 Å². The third kappa shape index (κ3) is 2.43. The van der Waals surface area contributed by atoms with Gasteiger partial charge in [0.25, 0.3) is 0 Å². The molecule has 1 fully saturated rings. The van der Waals surface area contributed by atoms with E-state index in [1.54, 1.807) is 11.3 Å². The van der Waals surface area contributed by atoms with E-state index in [1.807, 2.05) is 7.05 Å². The molecule has 0 aliphatic carbocycles. The van der Waals surface area contributed by atoms with Gasteiger partial charge in [-0.1, -0.05) is 11.6 Å². The Labute approximate surface area is 106 Å². The molecule has 2 rings (SSSR count). The van der Waals surface area contributed by atoms with Crippen LogP contribution in [0.15, 0.2) is 5.38 Å². The van der Waals surface area contributed by atoms with Crippen molar-refractivity contribution in [2.45, 2.75) is 25.8 Å². The number of nitrogens with one attached hydrogen (secondary N) is 1. The van der Waals surface area contributed by atoms with Gasteiger partial charge in [-0.2, -0.15) is 0 Å². The molecule has 1 aliphatic heterocycles. The first-order valence-corrected chi connectivity index (χ1v) is 6.98. The number of rotatable bonds is 3. The number of halogens is 1. The minimum atomic E-state index is 0.384. The van der Waals surface area contributed by atoms with Gasteiger partial charge in [0.05, 0.1) is 5.02 Å². The van der Waals surface area contributed by atoms with Crippen LogP contribution < -0.4 is 5.32 Å². The van der Waals surface area contributed by atoms with Gasteiger partial charge >= 0.3 is 0 Å². The van der Waals surface area contributed by atoms with E-state index in [0.29, 0.717) is 12.0 Å². The molecular formula is C12H18ClNOS. The maximum Gasteiger partial charge on any atom is 0.0590 e. The third-order valence-electron chi connectivity index (χ3n) is 3.26. The van der Waals surface area contributed by atoms with E-state index in [0.717, 1.165) is 31.1 Å². The summed E-state index contributed by atoms with van der Waals surface area (Å²) in [6.07, 6.45) is 2.25. The van der Waals surface area contributed by atoms with Crippen LogP contribution in [-0.2, 0) is 4.74 Å². The zero-order valence-corrected chi connectivity index (χ0v) is 11.3. The standard InChI is InChI=1S/C12H18ClNOS/c1-8-7-16-12(10(8)13)11(14-2)9-3-5-15-6-4-9/h7,9,11,14H,3-6H2,1-2H3. The number of hydrogen-bond acceptors (Lipinski definition) is 3. The van der Waals surface area contributed by atoms with Crippen molar-refractivity contribution >= 4 is 22.9 Å². The molecule has 0 saturated carbocycles. The number of hydrogen-bond donors (Lipinski definition) is 1. The van der Waals surface area contributed by atoms with Crippen molar-refractivity contribution < 1.29 is 4.74 Å². The molecule has 1 saturated heterocycles. The summed E-state index contributed by atoms with van der Waals surface area (Å²) in [7, 11) is 2.02. The van der Waals surface area contributed by atoms with Gasteiger partial charge in [-0.25, -0.2) is 0 Å². The molecule has 2 heterocycles. The van der Waals surface area contributed by atoms with Gasteiger partial charge < -0.3 is 10.1 Å². The fraction of sp³-hybridized carbons (Fsp3) is 0.667. The average molecular weight is 260 g/mol. The summed E-state index contributed by atoms with van der Waals surface area (Å²) >= 11 is 8.11. The molecule has 0 bridgehead atoms. The van der Waals surface area contributed by atoms with Crippen LogP contribution in [0.4, 0.5) is 0 Å². The lowest BCUT2D eigenvalue weighted by atomic mass is 9.90. The Morgan fingerprint density at radius 2 is 2.19 bits per heavy atom. The highest BCUT2D eigenvalue weighted by molar-refractivity contribution is 7.10.